The van der Waals surface area contributed by atoms with E-state index in [4.69, 9.17) is 5.26 Å². The molecule has 0 aromatic heterocycles. The summed E-state index contributed by atoms with van der Waals surface area (Å²) in [7, 11) is -1.79. The van der Waals surface area contributed by atoms with Gasteiger partial charge in [0.05, 0.1) is 17.6 Å². The van der Waals surface area contributed by atoms with Crippen molar-refractivity contribution in [3.63, 3.8) is 0 Å². The minimum atomic E-state index is -1.79. The first-order valence-electron chi connectivity index (χ1n) is 9.53. The minimum absolute atomic E-state index is 0.0253. The molecule has 30 heavy (non-hydrogen) atoms. The normalized spacial score (nSPS) is 11.3. The molecule has 0 saturated carbocycles. The highest BCUT2D eigenvalue weighted by Gasteiger charge is 2.26. The van der Waals surface area contributed by atoms with E-state index in [0.717, 1.165) is 0 Å². The molecule has 2 amide bonds. The second-order valence-corrected chi connectivity index (χ2v) is 6.74. The van der Waals surface area contributed by atoms with Gasteiger partial charge in [0, 0.05) is 25.1 Å². The van der Waals surface area contributed by atoms with Crippen LogP contribution in [-0.2, 0) is 11.2 Å². The summed E-state index contributed by atoms with van der Waals surface area (Å²) in [5, 5.41) is 30.5. The molecular formula is C21H23BFN3O4. The number of hydrogen-bond acceptors (Lipinski definition) is 5. The summed E-state index contributed by atoms with van der Waals surface area (Å²) < 4.78 is 13.0. The number of benzene rings is 2. The van der Waals surface area contributed by atoms with Gasteiger partial charge in [0.15, 0.2) is 0 Å². The maximum absolute atomic E-state index is 13.0. The van der Waals surface area contributed by atoms with E-state index >= 15 is 0 Å². The molecular weight excluding hydrogens is 388 g/mol. The highest BCUT2D eigenvalue weighted by Crippen LogP contribution is 2.09. The van der Waals surface area contributed by atoms with Gasteiger partial charge < -0.3 is 20.3 Å². The molecule has 0 aliphatic heterocycles. The fourth-order valence-corrected chi connectivity index (χ4v) is 2.89. The van der Waals surface area contributed by atoms with Gasteiger partial charge >= 0.3 is 7.12 Å². The van der Waals surface area contributed by atoms with Crippen LogP contribution in [0.3, 0.4) is 0 Å². The summed E-state index contributed by atoms with van der Waals surface area (Å²) in [6.07, 6.45) is 0.0911. The van der Waals surface area contributed by atoms with E-state index in [0.29, 0.717) is 23.2 Å². The van der Waals surface area contributed by atoms with Gasteiger partial charge in [-0.3, -0.25) is 9.59 Å². The third-order valence-electron chi connectivity index (χ3n) is 4.61. The Morgan fingerprint density at radius 1 is 1.17 bits per heavy atom. The zero-order valence-electron chi connectivity index (χ0n) is 16.6. The van der Waals surface area contributed by atoms with Crippen molar-refractivity contribution < 1.29 is 24.0 Å². The van der Waals surface area contributed by atoms with Crippen LogP contribution in [0.4, 0.5) is 4.39 Å². The quantitative estimate of drug-likeness (QED) is 0.539. The SMILES string of the molecule is CCN(CCC(=O)N[C@@H](Cc1ccc(F)cc1)B(O)O)C(=O)c1ccc(C#N)cc1. The molecule has 0 aliphatic rings. The number of carbonyl (C=O) groups excluding carboxylic acids is 2. The van der Waals surface area contributed by atoms with Crippen molar-refractivity contribution >= 4 is 18.9 Å². The third-order valence-corrected chi connectivity index (χ3v) is 4.61. The largest absolute Gasteiger partial charge is 0.475 e. The Hall–Kier alpha value is -3.22. The van der Waals surface area contributed by atoms with Gasteiger partial charge in [-0.1, -0.05) is 12.1 Å². The molecule has 0 radical (unpaired) electrons. The number of halogens is 1. The Morgan fingerprint density at radius 2 is 1.80 bits per heavy atom. The lowest BCUT2D eigenvalue weighted by Crippen LogP contribution is -2.48. The van der Waals surface area contributed by atoms with Gasteiger partial charge in [-0.25, -0.2) is 4.39 Å². The lowest BCUT2D eigenvalue weighted by atomic mass is 9.76. The number of nitrogens with zero attached hydrogens (tertiary/aromatic N) is 2. The molecule has 0 bridgehead atoms. The van der Waals surface area contributed by atoms with E-state index in [1.807, 2.05) is 6.07 Å². The first-order chi connectivity index (χ1) is 14.3. The number of nitrogens with one attached hydrogen (secondary N) is 1. The molecule has 0 fully saturated rings. The first kappa shape index (κ1) is 23.1. The minimum Gasteiger partial charge on any atom is -0.426 e. The van der Waals surface area contributed by atoms with E-state index in [1.54, 1.807) is 31.2 Å². The molecule has 2 aromatic carbocycles. The topological polar surface area (TPSA) is 114 Å². The Labute approximate surface area is 174 Å². The lowest BCUT2D eigenvalue weighted by Gasteiger charge is -2.22. The molecule has 9 heteroatoms. The van der Waals surface area contributed by atoms with Crippen LogP contribution < -0.4 is 5.32 Å². The number of nitriles is 1. The predicted octanol–water partition coefficient (Wildman–Crippen LogP) is 1.29. The van der Waals surface area contributed by atoms with E-state index < -0.39 is 24.8 Å². The molecule has 7 nitrogen and oxygen atoms in total. The maximum Gasteiger partial charge on any atom is 0.475 e. The molecule has 0 aliphatic carbocycles. The average molecular weight is 411 g/mol. The smallest absolute Gasteiger partial charge is 0.426 e. The molecule has 0 saturated heterocycles. The summed E-state index contributed by atoms with van der Waals surface area (Å²) >= 11 is 0. The van der Waals surface area contributed by atoms with Crippen LogP contribution in [0, 0.1) is 17.1 Å². The van der Waals surface area contributed by atoms with Gasteiger partial charge in [0.1, 0.15) is 5.82 Å². The standard InChI is InChI=1S/C21H23BFN3O4/c1-2-26(21(28)17-7-3-16(14-24)4-8-17)12-11-20(27)25-19(22(29)30)13-15-5-9-18(23)10-6-15/h3-10,19,29-30H,2,11-13H2,1H3,(H,25,27)/t19-/m0/s1. The lowest BCUT2D eigenvalue weighted by molar-refractivity contribution is -0.121. The second kappa shape index (κ2) is 11.1. The van der Waals surface area contributed by atoms with Crippen LogP contribution in [0.5, 0.6) is 0 Å². The summed E-state index contributed by atoms with van der Waals surface area (Å²) in [5.41, 5.74) is 1.50. The van der Waals surface area contributed by atoms with Gasteiger partial charge in [-0.2, -0.15) is 5.26 Å². The number of hydrogen-bond donors (Lipinski definition) is 3. The van der Waals surface area contributed by atoms with Crippen LogP contribution in [0.25, 0.3) is 0 Å². The van der Waals surface area contributed by atoms with Gasteiger partial charge in [0.2, 0.25) is 5.91 Å². The third kappa shape index (κ3) is 6.69. The Bertz CT molecular complexity index is 898. The van der Waals surface area contributed by atoms with Crippen LogP contribution in [-0.4, -0.2) is 52.9 Å². The average Bonchev–Trinajstić information content (AvgIpc) is 2.75. The molecule has 156 valence electrons. The summed E-state index contributed by atoms with van der Waals surface area (Å²) in [5.74, 6) is -2.08. The Morgan fingerprint density at radius 3 is 2.33 bits per heavy atom. The van der Waals surface area contributed by atoms with Crippen LogP contribution in [0.2, 0.25) is 0 Å². The van der Waals surface area contributed by atoms with Crippen molar-refractivity contribution in [2.45, 2.75) is 25.7 Å². The van der Waals surface area contributed by atoms with Crippen LogP contribution >= 0.6 is 0 Å². The van der Waals surface area contributed by atoms with Crippen molar-refractivity contribution in [3.05, 3.63) is 71.0 Å². The van der Waals surface area contributed by atoms with Crippen molar-refractivity contribution in [2.24, 2.45) is 0 Å². The van der Waals surface area contributed by atoms with E-state index in [9.17, 15) is 24.0 Å². The summed E-state index contributed by atoms with van der Waals surface area (Å²) in [4.78, 5) is 26.4. The monoisotopic (exact) mass is 411 g/mol. The predicted molar refractivity (Wildman–Crippen MR) is 110 cm³/mol. The molecule has 2 aromatic rings. The van der Waals surface area contributed by atoms with E-state index in [2.05, 4.69) is 5.32 Å². The number of rotatable bonds is 9. The number of amides is 2. The fraction of sp³-hybridized carbons (Fsp3) is 0.286. The van der Waals surface area contributed by atoms with Gasteiger partial charge in [0.25, 0.3) is 5.91 Å². The zero-order valence-corrected chi connectivity index (χ0v) is 16.6. The van der Waals surface area contributed by atoms with Gasteiger partial charge in [-0.05, 0) is 55.3 Å². The van der Waals surface area contributed by atoms with Crippen molar-refractivity contribution in [2.75, 3.05) is 13.1 Å². The van der Waals surface area contributed by atoms with E-state index in [-0.39, 0.29) is 25.3 Å². The highest BCUT2D eigenvalue weighted by atomic mass is 19.1. The molecule has 0 unspecified atom stereocenters. The van der Waals surface area contributed by atoms with Crippen LogP contribution in [0.15, 0.2) is 48.5 Å². The molecule has 0 spiro atoms. The summed E-state index contributed by atoms with van der Waals surface area (Å²) in [6, 6.07) is 13.7. The second-order valence-electron chi connectivity index (χ2n) is 6.74. The highest BCUT2D eigenvalue weighted by molar-refractivity contribution is 6.43. The van der Waals surface area contributed by atoms with Crippen molar-refractivity contribution in [1.82, 2.24) is 10.2 Å². The van der Waals surface area contributed by atoms with E-state index in [1.165, 1.54) is 29.2 Å². The zero-order chi connectivity index (χ0) is 22.1. The van der Waals surface area contributed by atoms with Crippen molar-refractivity contribution in [3.8, 4) is 6.07 Å². The summed E-state index contributed by atoms with van der Waals surface area (Å²) in [6.45, 7) is 2.31. The maximum atomic E-state index is 13.0. The first-order valence-corrected chi connectivity index (χ1v) is 9.53. The fourth-order valence-electron chi connectivity index (χ4n) is 2.89. The Balaban J connectivity index is 1.93. The molecule has 3 N–H and O–H groups in total. The van der Waals surface area contributed by atoms with Gasteiger partial charge in [-0.15, -0.1) is 0 Å². The van der Waals surface area contributed by atoms with Crippen molar-refractivity contribution in [1.29, 1.82) is 5.26 Å². The number of carbonyl (C=O) groups is 2. The Kier molecular flexibility index (Phi) is 8.53. The molecule has 2 rings (SSSR count). The van der Waals surface area contributed by atoms with Crippen LogP contribution in [0.1, 0.15) is 34.8 Å². The molecule has 1 atom stereocenters. The molecule has 0 heterocycles.